The molecule has 118 valence electrons. The molecule has 0 saturated heterocycles. The molecule has 0 fully saturated rings. The first kappa shape index (κ1) is 16.8. The van der Waals surface area contributed by atoms with Crippen LogP contribution in [0.1, 0.15) is 40.0 Å². The number of rotatable bonds is 3. The van der Waals surface area contributed by atoms with Crippen molar-refractivity contribution >= 4 is 34.5 Å². The maximum Gasteiger partial charge on any atom is 0.417 e. The number of carbonyl (C=O) groups is 1. The highest BCUT2D eigenvalue weighted by molar-refractivity contribution is 7.13. The third-order valence-electron chi connectivity index (χ3n) is 2.77. The van der Waals surface area contributed by atoms with Gasteiger partial charge in [-0.3, -0.25) is 4.79 Å². The molecule has 0 unspecified atom stereocenters. The highest BCUT2D eigenvalue weighted by Gasteiger charge is 2.33. The lowest BCUT2D eigenvalue weighted by Gasteiger charge is -2.10. The summed E-state index contributed by atoms with van der Waals surface area (Å²) in [5.74, 6) is -0.229. The van der Waals surface area contributed by atoms with E-state index in [1.165, 1.54) is 17.5 Å². The van der Waals surface area contributed by atoms with E-state index >= 15 is 0 Å². The number of aromatic nitrogens is 1. The molecule has 1 aromatic heterocycles. The van der Waals surface area contributed by atoms with Crippen molar-refractivity contribution in [3.63, 3.8) is 0 Å². The summed E-state index contributed by atoms with van der Waals surface area (Å²) in [6.07, 6.45) is -3.08. The number of nitrogens with one attached hydrogen (secondary N) is 1. The second kappa shape index (κ2) is 6.26. The van der Waals surface area contributed by atoms with Crippen LogP contribution in [0.2, 0.25) is 5.02 Å². The molecule has 0 spiro atoms. The lowest BCUT2D eigenvalue weighted by atomic mass is 10.2. The van der Waals surface area contributed by atoms with Crippen molar-refractivity contribution in [1.82, 2.24) is 4.98 Å². The third-order valence-corrected chi connectivity index (χ3v) is 4.38. The van der Waals surface area contributed by atoms with Gasteiger partial charge in [0.05, 0.1) is 21.8 Å². The van der Waals surface area contributed by atoms with Crippen molar-refractivity contribution in [2.45, 2.75) is 25.9 Å². The Morgan fingerprint density at radius 1 is 1.36 bits per heavy atom. The average molecular weight is 349 g/mol. The Hall–Kier alpha value is -1.60. The van der Waals surface area contributed by atoms with E-state index in [1.807, 2.05) is 13.8 Å². The maximum atomic E-state index is 12.6. The molecule has 0 saturated carbocycles. The van der Waals surface area contributed by atoms with Gasteiger partial charge in [-0.1, -0.05) is 25.4 Å². The summed E-state index contributed by atoms with van der Waals surface area (Å²) in [5.41, 5.74) is -0.741. The quantitative estimate of drug-likeness (QED) is 0.829. The number of benzene rings is 1. The molecule has 8 heteroatoms. The minimum atomic E-state index is -4.52. The van der Waals surface area contributed by atoms with Gasteiger partial charge in [-0.25, -0.2) is 4.98 Å². The molecule has 2 aromatic rings. The smallest absolute Gasteiger partial charge is 0.321 e. The van der Waals surface area contributed by atoms with E-state index in [2.05, 4.69) is 10.3 Å². The minimum Gasteiger partial charge on any atom is -0.321 e. The highest BCUT2D eigenvalue weighted by Crippen LogP contribution is 2.36. The number of alkyl halides is 3. The predicted molar refractivity (Wildman–Crippen MR) is 80.6 cm³/mol. The SMILES string of the molecule is CC(C)c1ncc(C(=O)Nc2ccc(C(F)(F)F)c(Cl)c2)s1. The minimum absolute atomic E-state index is 0.197. The van der Waals surface area contributed by atoms with Crippen LogP contribution in [0.25, 0.3) is 0 Å². The summed E-state index contributed by atoms with van der Waals surface area (Å²) in [5, 5.41) is 2.86. The first-order valence-electron chi connectivity index (χ1n) is 6.32. The van der Waals surface area contributed by atoms with E-state index < -0.39 is 22.7 Å². The predicted octanol–water partition coefficient (Wildman–Crippen LogP) is 5.19. The lowest BCUT2D eigenvalue weighted by molar-refractivity contribution is -0.137. The Balaban J connectivity index is 2.16. The summed E-state index contributed by atoms with van der Waals surface area (Å²) >= 11 is 6.85. The van der Waals surface area contributed by atoms with Gasteiger partial charge < -0.3 is 5.32 Å². The number of amides is 1. The van der Waals surface area contributed by atoms with E-state index in [9.17, 15) is 18.0 Å². The molecule has 0 atom stereocenters. The number of anilines is 1. The van der Waals surface area contributed by atoms with Crippen LogP contribution in [0, 0.1) is 0 Å². The zero-order valence-electron chi connectivity index (χ0n) is 11.7. The molecule has 2 rings (SSSR count). The molecule has 1 amide bonds. The fourth-order valence-corrected chi connectivity index (χ4v) is 2.78. The normalized spacial score (nSPS) is 11.8. The van der Waals surface area contributed by atoms with Crippen LogP contribution in [-0.4, -0.2) is 10.9 Å². The van der Waals surface area contributed by atoms with Crippen molar-refractivity contribution in [3.8, 4) is 0 Å². The fraction of sp³-hybridized carbons (Fsp3) is 0.286. The summed E-state index contributed by atoms with van der Waals surface area (Å²) in [7, 11) is 0. The zero-order chi connectivity index (χ0) is 16.5. The second-order valence-electron chi connectivity index (χ2n) is 4.86. The molecule has 0 bridgehead atoms. The largest absolute Gasteiger partial charge is 0.417 e. The average Bonchev–Trinajstić information content (AvgIpc) is 2.86. The van der Waals surface area contributed by atoms with E-state index in [4.69, 9.17) is 11.6 Å². The topological polar surface area (TPSA) is 42.0 Å². The van der Waals surface area contributed by atoms with Crippen LogP contribution >= 0.6 is 22.9 Å². The summed E-state index contributed by atoms with van der Waals surface area (Å²) in [6.45, 7) is 3.91. The molecule has 1 heterocycles. The molecular formula is C14H12ClF3N2OS. The van der Waals surface area contributed by atoms with Crippen molar-refractivity contribution in [2.75, 3.05) is 5.32 Å². The van der Waals surface area contributed by atoms with Gasteiger partial charge in [0.2, 0.25) is 0 Å². The molecule has 22 heavy (non-hydrogen) atoms. The van der Waals surface area contributed by atoms with E-state index in [-0.39, 0.29) is 11.6 Å². The Labute approximate surface area is 134 Å². The maximum absolute atomic E-state index is 12.6. The Morgan fingerprint density at radius 3 is 2.55 bits per heavy atom. The number of hydrogen-bond acceptors (Lipinski definition) is 3. The molecule has 1 aromatic carbocycles. The highest BCUT2D eigenvalue weighted by atomic mass is 35.5. The Bertz CT molecular complexity index is 698. The fourth-order valence-electron chi connectivity index (χ4n) is 1.67. The Kier molecular flexibility index (Phi) is 4.77. The van der Waals surface area contributed by atoms with Crippen LogP contribution in [0.3, 0.4) is 0 Å². The Morgan fingerprint density at radius 2 is 2.05 bits per heavy atom. The summed E-state index contributed by atoms with van der Waals surface area (Å²) in [6, 6.07) is 3.08. The van der Waals surface area contributed by atoms with Crippen LogP contribution in [-0.2, 0) is 6.18 Å². The van der Waals surface area contributed by atoms with Gasteiger partial charge in [0.25, 0.3) is 5.91 Å². The molecule has 1 N–H and O–H groups in total. The summed E-state index contributed by atoms with van der Waals surface area (Å²) in [4.78, 5) is 16.6. The lowest BCUT2D eigenvalue weighted by Crippen LogP contribution is -2.11. The van der Waals surface area contributed by atoms with Gasteiger partial charge >= 0.3 is 6.18 Å². The number of nitrogens with zero attached hydrogens (tertiary/aromatic N) is 1. The van der Waals surface area contributed by atoms with Crippen molar-refractivity contribution in [3.05, 3.63) is 44.9 Å². The first-order chi connectivity index (χ1) is 10.2. The molecule has 0 radical (unpaired) electrons. The van der Waals surface area contributed by atoms with Gasteiger partial charge in [0, 0.05) is 11.6 Å². The molecule has 0 aliphatic carbocycles. The van der Waals surface area contributed by atoms with Crippen LogP contribution in [0.15, 0.2) is 24.4 Å². The van der Waals surface area contributed by atoms with Crippen LogP contribution in [0.5, 0.6) is 0 Å². The van der Waals surface area contributed by atoms with Gasteiger partial charge in [-0.15, -0.1) is 11.3 Å². The third kappa shape index (κ3) is 3.78. The summed E-state index contributed by atoms with van der Waals surface area (Å²) < 4.78 is 37.8. The van der Waals surface area contributed by atoms with Crippen molar-refractivity contribution in [1.29, 1.82) is 0 Å². The number of halogens is 4. The molecule has 0 aliphatic heterocycles. The van der Waals surface area contributed by atoms with Gasteiger partial charge in [-0.05, 0) is 18.2 Å². The number of hydrogen-bond donors (Lipinski definition) is 1. The van der Waals surface area contributed by atoms with Gasteiger partial charge in [0.15, 0.2) is 0 Å². The van der Waals surface area contributed by atoms with Crippen LogP contribution < -0.4 is 5.32 Å². The zero-order valence-corrected chi connectivity index (χ0v) is 13.2. The monoisotopic (exact) mass is 348 g/mol. The second-order valence-corrected chi connectivity index (χ2v) is 6.33. The number of carbonyl (C=O) groups excluding carboxylic acids is 1. The van der Waals surface area contributed by atoms with Crippen molar-refractivity contribution in [2.24, 2.45) is 0 Å². The van der Waals surface area contributed by atoms with E-state index in [0.29, 0.717) is 4.88 Å². The van der Waals surface area contributed by atoms with Crippen LogP contribution in [0.4, 0.5) is 18.9 Å². The van der Waals surface area contributed by atoms with Gasteiger partial charge in [0.1, 0.15) is 4.88 Å². The van der Waals surface area contributed by atoms with E-state index in [1.54, 1.807) is 0 Å². The van der Waals surface area contributed by atoms with E-state index in [0.717, 1.165) is 23.2 Å². The molecule has 3 nitrogen and oxygen atoms in total. The first-order valence-corrected chi connectivity index (χ1v) is 7.51. The number of thiazole rings is 1. The molecule has 0 aliphatic rings. The standard InChI is InChI=1S/C14H12ClF3N2OS/c1-7(2)13-19-6-11(22-13)12(21)20-8-3-4-9(10(15)5-8)14(16,17)18/h3-7H,1-2H3,(H,20,21). The van der Waals surface area contributed by atoms with Crippen molar-refractivity contribution < 1.29 is 18.0 Å². The van der Waals surface area contributed by atoms with Gasteiger partial charge in [-0.2, -0.15) is 13.2 Å². The molecular weight excluding hydrogens is 337 g/mol.